The topological polar surface area (TPSA) is 69.7 Å². The van der Waals surface area contributed by atoms with Crippen LogP contribution in [0.3, 0.4) is 0 Å². The van der Waals surface area contributed by atoms with Crippen LogP contribution in [0, 0.1) is 0 Å². The van der Waals surface area contributed by atoms with Crippen LogP contribution in [-0.4, -0.2) is 62.1 Å². The molecule has 1 aromatic rings. The maximum absolute atomic E-state index is 12.9. The third-order valence-corrected chi connectivity index (χ3v) is 7.16. The number of benzene rings is 1. The van der Waals surface area contributed by atoms with Crippen molar-refractivity contribution in [3.63, 3.8) is 0 Å². The number of hydrogen-bond acceptors (Lipinski definition) is 3. The van der Waals surface area contributed by atoms with Crippen LogP contribution >= 0.6 is 0 Å². The number of amides is 2. The second kappa shape index (κ2) is 6.72. The summed E-state index contributed by atoms with van der Waals surface area (Å²) in [6.45, 7) is 0.925. The van der Waals surface area contributed by atoms with E-state index in [4.69, 9.17) is 0 Å². The van der Waals surface area contributed by atoms with E-state index in [0.717, 1.165) is 18.4 Å². The third kappa shape index (κ3) is 3.57. The zero-order valence-electron chi connectivity index (χ0n) is 14.2. The van der Waals surface area contributed by atoms with Crippen molar-refractivity contribution in [3.05, 3.63) is 35.9 Å². The van der Waals surface area contributed by atoms with Crippen molar-refractivity contribution in [1.82, 2.24) is 14.5 Å². The standard InChI is InChI=1S/C17H25N3O3S/c1-19(2)17(21)18-14-9-6-10-20(12-14)24(22,23)16-11-15(16)13-7-4-3-5-8-13/h3-5,7-8,14-16H,6,9-12H2,1-2H3,(H,18,21)/t14?,15-,16+/m0/s1. The predicted octanol–water partition coefficient (Wildman–Crippen LogP) is 1.61. The predicted molar refractivity (Wildman–Crippen MR) is 93.3 cm³/mol. The molecule has 6 nitrogen and oxygen atoms in total. The van der Waals surface area contributed by atoms with Gasteiger partial charge in [0.05, 0.1) is 5.25 Å². The van der Waals surface area contributed by atoms with E-state index in [-0.39, 0.29) is 23.2 Å². The van der Waals surface area contributed by atoms with Gasteiger partial charge in [0.15, 0.2) is 0 Å². The van der Waals surface area contributed by atoms with Gasteiger partial charge in [-0.15, -0.1) is 0 Å². The molecule has 1 aliphatic heterocycles. The number of urea groups is 1. The molecule has 0 spiro atoms. The number of carbonyl (C=O) groups excluding carboxylic acids is 1. The zero-order valence-corrected chi connectivity index (χ0v) is 15.0. The van der Waals surface area contributed by atoms with Crippen molar-refractivity contribution in [2.24, 2.45) is 0 Å². The Morgan fingerprint density at radius 2 is 1.96 bits per heavy atom. The van der Waals surface area contributed by atoms with E-state index < -0.39 is 10.0 Å². The van der Waals surface area contributed by atoms with Gasteiger partial charge in [0.1, 0.15) is 0 Å². The lowest BCUT2D eigenvalue weighted by atomic mass is 10.1. The van der Waals surface area contributed by atoms with E-state index in [9.17, 15) is 13.2 Å². The number of carbonyl (C=O) groups is 1. The minimum Gasteiger partial charge on any atom is -0.334 e. The molecule has 1 saturated heterocycles. The molecule has 1 N–H and O–H groups in total. The van der Waals surface area contributed by atoms with Gasteiger partial charge < -0.3 is 10.2 Å². The molecule has 2 aliphatic rings. The van der Waals surface area contributed by atoms with E-state index in [0.29, 0.717) is 19.5 Å². The smallest absolute Gasteiger partial charge is 0.317 e. The lowest BCUT2D eigenvalue weighted by Gasteiger charge is -2.33. The number of nitrogens with one attached hydrogen (secondary N) is 1. The van der Waals surface area contributed by atoms with Gasteiger partial charge in [-0.3, -0.25) is 0 Å². The highest BCUT2D eigenvalue weighted by Gasteiger charge is 2.51. The Morgan fingerprint density at radius 1 is 1.25 bits per heavy atom. The highest BCUT2D eigenvalue weighted by Crippen LogP contribution is 2.47. The van der Waals surface area contributed by atoms with E-state index in [1.165, 1.54) is 4.90 Å². The Balaban J connectivity index is 1.64. The molecule has 2 fully saturated rings. The summed E-state index contributed by atoms with van der Waals surface area (Å²) < 4.78 is 27.4. The molecule has 0 radical (unpaired) electrons. The van der Waals surface area contributed by atoms with Crippen LogP contribution in [0.4, 0.5) is 4.79 Å². The zero-order chi connectivity index (χ0) is 17.3. The van der Waals surface area contributed by atoms with Crippen LogP contribution < -0.4 is 5.32 Å². The molecular formula is C17H25N3O3S. The molecule has 1 saturated carbocycles. The molecular weight excluding hydrogens is 326 g/mol. The van der Waals surface area contributed by atoms with Gasteiger partial charge in [0, 0.05) is 39.1 Å². The summed E-state index contributed by atoms with van der Waals surface area (Å²) >= 11 is 0. The van der Waals surface area contributed by atoms with Gasteiger partial charge in [-0.25, -0.2) is 13.2 Å². The maximum Gasteiger partial charge on any atom is 0.317 e. The summed E-state index contributed by atoms with van der Waals surface area (Å²) in [4.78, 5) is 13.3. The number of sulfonamides is 1. The first-order valence-corrected chi connectivity index (χ1v) is 9.91. The van der Waals surface area contributed by atoms with Crippen molar-refractivity contribution >= 4 is 16.1 Å². The van der Waals surface area contributed by atoms with Gasteiger partial charge in [-0.1, -0.05) is 30.3 Å². The molecule has 3 atom stereocenters. The number of hydrogen-bond donors (Lipinski definition) is 1. The maximum atomic E-state index is 12.9. The summed E-state index contributed by atoms with van der Waals surface area (Å²) in [6, 6.07) is 9.55. The monoisotopic (exact) mass is 351 g/mol. The molecule has 1 aliphatic carbocycles. The number of nitrogens with zero attached hydrogens (tertiary/aromatic N) is 2. The van der Waals surface area contributed by atoms with E-state index >= 15 is 0 Å². The first-order chi connectivity index (χ1) is 11.4. The lowest BCUT2D eigenvalue weighted by Crippen LogP contribution is -2.52. The molecule has 7 heteroatoms. The van der Waals surface area contributed by atoms with Crippen LogP contribution in [-0.2, 0) is 10.0 Å². The largest absolute Gasteiger partial charge is 0.334 e. The van der Waals surface area contributed by atoms with Gasteiger partial charge in [-0.2, -0.15) is 4.31 Å². The van der Waals surface area contributed by atoms with Gasteiger partial charge >= 0.3 is 6.03 Å². The lowest BCUT2D eigenvalue weighted by molar-refractivity contribution is 0.203. The number of piperidine rings is 1. The third-order valence-electron chi connectivity index (χ3n) is 4.82. The Kier molecular flexibility index (Phi) is 4.83. The molecule has 0 bridgehead atoms. The SMILES string of the molecule is CN(C)C(=O)NC1CCCN(S(=O)(=O)[C@@H]2C[C@H]2c2ccccc2)C1. The first-order valence-electron chi connectivity index (χ1n) is 8.41. The molecule has 2 amide bonds. The average molecular weight is 351 g/mol. The molecule has 0 aromatic heterocycles. The van der Waals surface area contributed by atoms with Crippen molar-refractivity contribution in [1.29, 1.82) is 0 Å². The van der Waals surface area contributed by atoms with Crippen molar-refractivity contribution in [3.8, 4) is 0 Å². The fourth-order valence-corrected chi connectivity index (χ4v) is 5.52. The van der Waals surface area contributed by atoms with Crippen LogP contribution in [0.25, 0.3) is 0 Å². The summed E-state index contributed by atoms with van der Waals surface area (Å²) in [5.41, 5.74) is 1.10. The summed E-state index contributed by atoms with van der Waals surface area (Å²) in [5, 5.41) is 2.59. The minimum absolute atomic E-state index is 0.105. The Morgan fingerprint density at radius 3 is 2.62 bits per heavy atom. The molecule has 1 heterocycles. The molecule has 24 heavy (non-hydrogen) atoms. The van der Waals surface area contributed by atoms with Crippen LogP contribution in [0.2, 0.25) is 0 Å². The van der Waals surface area contributed by atoms with Gasteiger partial charge in [-0.05, 0) is 24.8 Å². The van der Waals surface area contributed by atoms with Gasteiger partial charge in [0.2, 0.25) is 10.0 Å². The second-order valence-corrected chi connectivity index (χ2v) is 9.03. The fourth-order valence-electron chi connectivity index (χ4n) is 3.34. The molecule has 1 aromatic carbocycles. The summed E-state index contributed by atoms with van der Waals surface area (Å²) in [6.07, 6.45) is 2.29. The van der Waals surface area contributed by atoms with E-state index in [1.54, 1.807) is 18.4 Å². The highest BCUT2D eigenvalue weighted by atomic mass is 32.2. The van der Waals surface area contributed by atoms with Crippen LogP contribution in [0.1, 0.15) is 30.7 Å². The number of rotatable bonds is 4. The molecule has 132 valence electrons. The molecule has 1 unspecified atom stereocenters. The average Bonchev–Trinajstić information content (AvgIpc) is 3.37. The van der Waals surface area contributed by atoms with E-state index in [1.807, 2.05) is 30.3 Å². The van der Waals surface area contributed by atoms with Crippen molar-refractivity contribution in [2.45, 2.75) is 36.5 Å². The minimum atomic E-state index is -3.31. The van der Waals surface area contributed by atoms with Crippen molar-refractivity contribution in [2.75, 3.05) is 27.2 Å². The Hall–Kier alpha value is -1.60. The Bertz CT molecular complexity index is 690. The van der Waals surface area contributed by atoms with Crippen molar-refractivity contribution < 1.29 is 13.2 Å². The van der Waals surface area contributed by atoms with Crippen LogP contribution in [0.5, 0.6) is 0 Å². The second-order valence-electron chi connectivity index (χ2n) is 6.88. The quantitative estimate of drug-likeness (QED) is 0.896. The Labute approximate surface area is 143 Å². The molecule has 3 rings (SSSR count). The summed E-state index contributed by atoms with van der Waals surface area (Å²) in [5.74, 6) is 0.105. The van der Waals surface area contributed by atoms with Crippen LogP contribution in [0.15, 0.2) is 30.3 Å². The first kappa shape index (κ1) is 17.2. The van der Waals surface area contributed by atoms with Gasteiger partial charge in [0.25, 0.3) is 0 Å². The normalized spacial score (nSPS) is 27.5. The fraction of sp³-hybridized carbons (Fsp3) is 0.588. The van der Waals surface area contributed by atoms with E-state index in [2.05, 4.69) is 5.32 Å². The highest BCUT2D eigenvalue weighted by molar-refractivity contribution is 7.90. The summed E-state index contributed by atoms with van der Waals surface area (Å²) in [7, 11) is 0.0571.